The lowest BCUT2D eigenvalue weighted by molar-refractivity contribution is 0.610. The van der Waals surface area contributed by atoms with Crippen molar-refractivity contribution in [2.45, 2.75) is 10.1 Å². The molecule has 158 valence electrons. The van der Waals surface area contributed by atoms with Crippen molar-refractivity contribution >= 4 is 42.2 Å². The predicted octanol–water partition coefficient (Wildman–Crippen LogP) is 6.69. The number of halogens is 1. The standard InChI is InChI=1S/C24H15ClN2O3S2/c25-18-10-12-19(13-11-18)32(28,29)31-24-26-20(16-6-2-1-3-7-16)15-21(27-24)23-14-17-8-4-5-9-22(17)30-23/h1-15H. The Bertz CT molecular complexity index is 1480. The molecule has 0 saturated heterocycles. The molecule has 0 aliphatic rings. The molecule has 0 unspecified atom stereocenters. The number of furan rings is 1. The Kier molecular flexibility index (Phi) is 5.46. The molecule has 2 aromatic heterocycles. The van der Waals surface area contributed by atoms with Gasteiger partial charge in [0.15, 0.2) is 5.76 Å². The molecule has 0 N–H and O–H groups in total. The van der Waals surface area contributed by atoms with E-state index in [0.717, 1.165) is 16.5 Å². The summed E-state index contributed by atoms with van der Waals surface area (Å²) in [4.78, 5) is 9.15. The quantitative estimate of drug-likeness (QED) is 0.207. The number of aromatic nitrogens is 2. The van der Waals surface area contributed by atoms with Gasteiger partial charge in [0.2, 0.25) is 14.0 Å². The SMILES string of the molecule is O=S(=O)(Sc1nc(-c2ccccc2)cc(-c2cc3ccccc3o2)n1)c1ccc(Cl)cc1. The zero-order valence-corrected chi connectivity index (χ0v) is 18.9. The average molecular weight is 479 g/mol. The van der Waals surface area contributed by atoms with Crippen molar-refractivity contribution in [1.82, 2.24) is 9.97 Å². The molecule has 0 saturated carbocycles. The van der Waals surface area contributed by atoms with E-state index in [4.69, 9.17) is 16.0 Å². The zero-order valence-electron chi connectivity index (χ0n) is 16.5. The number of hydrogen-bond acceptors (Lipinski definition) is 6. The van der Waals surface area contributed by atoms with Gasteiger partial charge in [-0.2, -0.15) is 0 Å². The molecule has 0 fully saturated rings. The van der Waals surface area contributed by atoms with E-state index in [-0.39, 0.29) is 10.1 Å². The van der Waals surface area contributed by atoms with Crippen LogP contribution in [0, 0.1) is 0 Å². The number of para-hydroxylation sites is 1. The van der Waals surface area contributed by atoms with Crippen molar-refractivity contribution in [1.29, 1.82) is 0 Å². The molecule has 0 amide bonds. The molecule has 32 heavy (non-hydrogen) atoms. The number of benzene rings is 3. The highest BCUT2D eigenvalue weighted by atomic mass is 35.5. The summed E-state index contributed by atoms with van der Waals surface area (Å²) in [6, 6.07) is 26.9. The third-order valence-corrected chi connectivity index (χ3v) is 8.08. The minimum atomic E-state index is -3.75. The first-order valence-electron chi connectivity index (χ1n) is 9.61. The molecule has 0 bridgehead atoms. The number of hydrogen-bond donors (Lipinski definition) is 0. The summed E-state index contributed by atoms with van der Waals surface area (Å²) in [7, 11) is -3.16. The Labute approximate surface area is 193 Å². The molecule has 5 rings (SSSR count). The lowest BCUT2D eigenvalue weighted by Crippen LogP contribution is -1.99. The van der Waals surface area contributed by atoms with Crippen molar-refractivity contribution in [3.63, 3.8) is 0 Å². The van der Waals surface area contributed by atoms with Crippen LogP contribution in [0.15, 0.2) is 105 Å². The van der Waals surface area contributed by atoms with E-state index < -0.39 is 8.87 Å². The number of rotatable bonds is 5. The highest BCUT2D eigenvalue weighted by Crippen LogP contribution is 2.34. The molecule has 0 aliphatic heterocycles. The number of fused-ring (bicyclic) bond motifs is 1. The van der Waals surface area contributed by atoms with Crippen LogP contribution in [0.3, 0.4) is 0 Å². The topological polar surface area (TPSA) is 73.1 Å². The fourth-order valence-corrected chi connectivity index (χ4v) is 5.79. The van der Waals surface area contributed by atoms with Crippen LogP contribution in [0.1, 0.15) is 0 Å². The van der Waals surface area contributed by atoms with Crippen LogP contribution in [0.5, 0.6) is 0 Å². The summed E-state index contributed by atoms with van der Waals surface area (Å²) in [5.41, 5.74) is 2.68. The fourth-order valence-electron chi connectivity index (χ4n) is 3.20. The molecule has 5 nitrogen and oxygen atoms in total. The van der Waals surface area contributed by atoms with E-state index in [0.29, 0.717) is 33.0 Å². The van der Waals surface area contributed by atoms with Gasteiger partial charge in [-0.25, -0.2) is 18.4 Å². The Balaban J connectivity index is 1.61. The van der Waals surface area contributed by atoms with E-state index in [2.05, 4.69) is 9.97 Å². The lowest BCUT2D eigenvalue weighted by atomic mass is 10.1. The molecule has 0 atom stereocenters. The Hall–Kier alpha value is -3.13. The third kappa shape index (κ3) is 4.27. The fraction of sp³-hybridized carbons (Fsp3) is 0. The van der Waals surface area contributed by atoms with Crippen LogP contribution in [0.2, 0.25) is 5.02 Å². The summed E-state index contributed by atoms with van der Waals surface area (Å²) >= 11 is 5.90. The lowest BCUT2D eigenvalue weighted by Gasteiger charge is -2.08. The maximum Gasteiger partial charge on any atom is 0.237 e. The predicted molar refractivity (Wildman–Crippen MR) is 127 cm³/mol. The molecule has 3 aromatic carbocycles. The largest absolute Gasteiger partial charge is 0.454 e. The van der Waals surface area contributed by atoms with Crippen molar-refractivity contribution in [2.24, 2.45) is 0 Å². The molecule has 8 heteroatoms. The summed E-state index contributed by atoms with van der Waals surface area (Å²) < 4.78 is 31.9. The molecule has 5 aromatic rings. The first-order chi connectivity index (χ1) is 15.5. The first-order valence-corrected chi connectivity index (χ1v) is 12.8. The Morgan fingerprint density at radius 1 is 0.781 bits per heavy atom. The van der Waals surface area contributed by atoms with Gasteiger partial charge in [-0.3, -0.25) is 0 Å². The van der Waals surface area contributed by atoms with Crippen molar-refractivity contribution in [2.75, 3.05) is 0 Å². The minimum Gasteiger partial charge on any atom is -0.454 e. The second-order valence-corrected chi connectivity index (χ2v) is 11.1. The van der Waals surface area contributed by atoms with Crippen LogP contribution >= 0.6 is 22.4 Å². The zero-order chi connectivity index (χ0) is 22.1. The van der Waals surface area contributed by atoms with Crippen LogP contribution in [0.25, 0.3) is 33.7 Å². The van der Waals surface area contributed by atoms with Gasteiger partial charge < -0.3 is 4.42 Å². The van der Waals surface area contributed by atoms with Gasteiger partial charge in [-0.05, 0) is 42.5 Å². The second kappa shape index (κ2) is 8.43. The van der Waals surface area contributed by atoms with E-state index in [9.17, 15) is 8.42 Å². The average Bonchev–Trinajstić information content (AvgIpc) is 3.24. The third-order valence-electron chi connectivity index (χ3n) is 4.74. The normalized spacial score (nSPS) is 11.7. The molecule has 0 spiro atoms. The molecular weight excluding hydrogens is 464 g/mol. The Morgan fingerprint density at radius 3 is 2.22 bits per heavy atom. The van der Waals surface area contributed by atoms with Crippen LogP contribution < -0.4 is 0 Å². The van der Waals surface area contributed by atoms with Gasteiger partial charge in [0.05, 0.1) is 21.4 Å². The van der Waals surface area contributed by atoms with Crippen molar-refractivity contribution < 1.29 is 12.8 Å². The Morgan fingerprint density at radius 2 is 1.47 bits per heavy atom. The first kappa shape index (κ1) is 20.8. The van der Waals surface area contributed by atoms with Crippen LogP contribution in [-0.2, 0) is 8.87 Å². The van der Waals surface area contributed by atoms with Crippen LogP contribution in [-0.4, -0.2) is 18.4 Å². The summed E-state index contributed by atoms with van der Waals surface area (Å²) in [5, 5.41) is 1.51. The summed E-state index contributed by atoms with van der Waals surface area (Å²) in [6.45, 7) is 0. The maximum atomic E-state index is 13.0. The second-order valence-electron chi connectivity index (χ2n) is 6.93. The maximum absolute atomic E-state index is 13.0. The van der Waals surface area contributed by atoms with Gasteiger partial charge in [-0.15, -0.1) is 0 Å². The van der Waals surface area contributed by atoms with Gasteiger partial charge in [0, 0.05) is 16.0 Å². The van der Waals surface area contributed by atoms with E-state index in [1.165, 1.54) is 24.3 Å². The number of nitrogens with zero attached hydrogens (tertiary/aromatic N) is 2. The molecule has 2 heterocycles. The van der Waals surface area contributed by atoms with Crippen molar-refractivity contribution in [3.8, 4) is 22.7 Å². The van der Waals surface area contributed by atoms with Gasteiger partial charge in [-0.1, -0.05) is 60.1 Å². The molecule has 0 aliphatic carbocycles. The van der Waals surface area contributed by atoms with Gasteiger partial charge in [0.1, 0.15) is 11.3 Å². The molecule has 0 radical (unpaired) electrons. The van der Waals surface area contributed by atoms with E-state index in [1.807, 2.05) is 60.7 Å². The summed E-state index contributed by atoms with van der Waals surface area (Å²) in [5.74, 6) is 0.538. The van der Waals surface area contributed by atoms with Gasteiger partial charge >= 0.3 is 0 Å². The molecular formula is C24H15ClN2O3S2. The van der Waals surface area contributed by atoms with E-state index >= 15 is 0 Å². The smallest absolute Gasteiger partial charge is 0.237 e. The minimum absolute atomic E-state index is 0.108. The van der Waals surface area contributed by atoms with Gasteiger partial charge in [0.25, 0.3) is 0 Å². The van der Waals surface area contributed by atoms with E-state index in [1.54, 1.807) is 6.07 Å². The highest BCUT2D eigenvalue weighted by molar-refractivity contribution is 8.72. The van der Waals surface area contributed by atoms with Crippen molar-refractivity contribution in [3.05, 3.63) is 96.0 Å². The van der Waals surface area contributed by atoms with Crippen LogP contribution in [0.4, 0.5) is 0 Å². The highest BCUT2D eigenvalue weighted by Gasteiger charge is 2.21. The summed E-state index contributed by atoms with van der Waals surface area (Å²) in [6.07, 6.45) is 0. The monoisotopic (exact) mass is 478 g/mol.